The minimum absolute atomic E-state index is 0.258. The first-order valence-corrected chi connectivity index (χ1v) is 8.53. The summed E-state index contributed by atoms with van der Waals surface area (Å²) < 4.78 is 13.4. The van der Waals surface area contributed by atoms with Crippen LogP contribution in [0.4, 0.5) is 0 Å². The van der Waals surface area contributed by atoms with Crippen LogP contribution in [0.25, 0.3) is 10.1 Å². The average Bonchev–Trinajstić information content (AvgIpc) is 2.73. The van der Waals surface area contributed by atoms with Gasteiger partial charge in [-0.05, 0) is 30.5 Å². The van der Waals surface area contributed by atoms with E-state index < -0.39 is 10.8 Å². The molecular formula is C14H17NOS2. The van der Waals surface area contributed by atoms with Crippen LogP contribution in [0, 0.1) is 0 Å². The maximum Gasteiger partial charge on any atom is 0.0532 e. The Labute approximate surface area is 114 Å². The summed E-state index contributed by atoms with van der Waals surface area (Å²) in [6.45, 7) is 3.05. The fourth-order valence-corrected chi connectivity index (χ4v) is 4.92. The minimum atomic E-state index is -0.710. The van der Waals surface area contributed by atoms with E-state index in [4.69, 9.17) is 0 Å². The van der Waals surface area contributed by atoms with Crippen molar-refractivity contribution >= 4 is 32.2 Å². The summed E-state index contributed by atoms with van der Waals surface area (Å²) in [5, 5.41) is 5.15. The molecule has 1 N–H and O–H groups in total. The Morgan fingerprint density at radius 3 is 3.06 bits per heavy atom. The third-order valence-electron chi connectivity index (χ3n) is 3.51. The van der Waals surface area contributed by atoms with E-state index in [1.165, 1.54) is 15.0 Å². The van der Waals surface area contributed by atoms with Crippen LogP contribution in [0.2, 0.25) is 0 Å². The molecule has 2 aromatic rings. The molecule has 0 saturated carbocycles. The number of benzene rings is 1. The van der Waals surface area contributed by atoms with Crippen molar-refractivity contribution in [3.8, 4) is 0 Å². The largest absolute Gasteiger partial charge is 0.308 e. The SMILES string of the molecule is CC1CCNC(c2cc3ccccc3s2)CS1=O. The van der Waals surface area contributed by atoms with E-state index in [1.807, 2.05) is 11.3 Å². The Hall–Kier alpha value is -0.710. The second-order valence-electron chi connectivity index (χ2n) is 4.84. The van der Waals surface area contributed by atoms with Gasteiger partial charge in [-0.2, -0.15) is 0 Å². The predicted octanol–water partition coefficient (Wildman–Crippen LogP) is 3.07. The second-order valence-corrected chi connectivity index (χ2v) is 7.85. The normalized spacial score (nSPS) is 29.3. The van der Waals surface area contributed by atoms with Crippen LogP contribution in [-0.4, -0.2) is 21.8 Å². The maximum absolute atomic E-state index is 12.1. The summed E-state index contributed by atoms with van der Waals surface area (Å²) in [6, 6.07) is 10.9. The van der Waals surface area contributed by atoms with Crippen molar-refractivity contribution in [1.29, 1.82) is 0 Å². The van der Waals surface area contributed by atoms with Gasteiger partial charge in [0.25, 0.3) is 0 Å². The van der Waals surface area contributed by atoms with Gasteiger partial charge in [0.15, 0.2) is 0 Å². The third-order valence-corrected chi connectivity index (χ3v) is 6.53. The van der Waals surface area contributed by atoms with Crippen molar-refractivity contribution < 1.29 is 4.21 Å². The van der Waals surface area contributed by atoms with Crippen LogP contribution in [0.3, 0.4) is 0 Å². The molecule has 0 amide bonds. The average molecular weight is 279 g/mol. The number of nitrogens with one attached hydrogen (secondary N) is 1. The number of thiophene rings is 1. The van der Waals surface area contributed by atoms with Crippen LogP contribution >= 0.6 is 11.3 Å². The van der Waals surface area contributed by atoms with Gasteiger partial charge in [0, 0.05) is 31.4 Å². The van der Waals surface area contributed by atoms with Crippen LogP contribution in [0.15, 0.2) is 30.3 Å². The van der Waals surface area contributed by atoms with Crippen molar-refractivity contribution in [2.45, 2.75) is 24.6 Å². The molecule has 4 heteroatoms. The van der Waals surface area contributed by atoms with Crippen molar-refractivity contribution in [2.75, 3.05) is 12.3 Å². The van der Waals surface area contributed by atoms with Gasteiger partial charge in [-0.3, -0.25) is 4.21 Å². The zero-order chi connectivity index (χ0) is 12.5. The van der Waals surface area contributed by atoms with E-state index in [2.05, 4.69) is 42.6 Å². The molecule has 0 bridgehead atoms. The van der Waals surface area contributed by atoms with E-state index >= 15 is 0 Å². The molecule has 18 heavy (non-hydrogen) atoms. The van der Waals surface area contributed by atoms with E-state index in [0.29, 0.717) is 5.25 Å². The lowest BCUT2D eigenvalue weighted by atomic mass is 10.2. The lowest BCUT2D eigenvalue weighted by Gasteiger charge is -2.12. The molecule has 2 nitrogen and oxygen atoms in total. The zero-order valence-corrected chi connectivity index (χ0v) is 12.0. The first-order chi connectivity index (χ1) is 8.74. The lowest BCUT2D eigenvalue weighted by molar-refractivity contribution is 0.585. The van der Waals surface area contributed by atoms with E-state index in [9.17, 15) is 4.21 Å². The van der Waals surface area contributed by atoms with Gasteiger partial charge in [0.2, 0.25) is 0 Å². The molecule has 1 fully saturated rings. The van der Waals surface area contributed by atoms with E-state index in [0.717, 1.165) is 18.7 Å². The van der Waals surface area contributed by atoms with E-state index in [-0.39, 0.29) is 6.04 Å². The lowest BCUT2D eigenvalue weighted by Crippen LogP contribution is -2.22. The highest BCUT2D eigenvalue weighted by Crippen LogP contribution is 2.31. The molecule has 3 rings (SSSR count). The molecule has 1 aromatic heterocycles. The van der Waals surface area contributed by atoms with Crippen molar-refractivity contribution in [2.24, 2.45) is 0 Å². The third kappa shape index (κ3) is 2.37. The molecule has 0 aliphatic carbocycles. The number of rotatable bonds is 1. The van der Waals surface area contributed by atoms with Gasteiger partial charge in [-0.1, -0.05) is 25.1 Å². The Kier molecular flexibility index (Phi) is 3.50. The van der Waals surface area contributed by atoms with Gasteiger partial charge in [0.05, 0.1) is 6.04 Å². The molecule has 2 heterocycles. The molecule has 1 aliphatic rings. The highest BCUT2D eigenvalue weighted by atomic mass is 32.2. The molecule has 1 aliphatic heterocycles. The highest BCUT2D eigenvalue weighted by molar-refractivity contribution is 7.85. The summed E-state index contributed by atoms with van der Waals surface area (Å²) >= 11 is 1.82. The smallest absolute Gasteiger partial charge is 0.0532 e. The molecule has 96 valence electrons. The Balaban J connectivity index is 1.91. The van der Waals surface area contributed by atoms with Gasteiger partial charge < -0.3 is 5.32 Å². The van der Waals surface area contributed by atoms with E-state index in [1.54, 1.807) is 0 Å². The summed E-state index contributed by atoms with van der Waals surface area (Å²) in [4.78, 5) is 1.32. The second kappa shape index (κ2) is 5.11. The summed E-state index contributed by atoms with van der Waals surface area (Å²) in [5.41, 5.74) is 0. The number of fused-ring (bicyclic) bond motifs is 1. The summed E-state index contributed by atoms with van der Waals surface area (Å²) in [6.07, 6.45) is 1.01. The molecular weight excluding hydrogens is 262 g/mol. The van der Waals surface area contributed by atoms with Crippen molar-refractivity contribution in [1.82, 2.24) is 5.32 Å². The number of hydrogen-bond acceptors (Lipinski definition) is 3. The maximum atomic E-state index is 12.1. The van der Waals surface area contributed by atoms with Gasteiger partial charge in [-0.25, -0.2) is 0 Å². The highest BCUT2D eigenvalue weighted by Gasteiger charge is 2.23. The summed E-state index contributed by atoms with van der Waals surface area (Å²) in [7, 11) is -0.710. The quantitative estimate of drug-likeness (QED) is 0.869. The van der Waals surface area contributed by atoms with Crippen LogP contribution in [0.5, 0.6) is 0 Å². The summed E-state index contributed by atoms with van der Waals surface area (Å²) in [5.74, 6) is 0.744. The van der Waals surface area contributed by atoms with Gasteiger partial charge in [0.1, 0.15) is 0 Å². The molecule has 0 radical (unpaired) electrons. The van der Waals surface area contributed by atoms with Crippen LogP contribution in [-0.2, 0) is 10.8 Å². The first-order valence-electron chi connectivity index (χ1n) is 6.33. The Morgan fingerprint density at radius 1 is 1.39 bits per heavy atom. The number of hydrogen-bond donors (Lipinski definition) is 1. The molecule has 1 saturated heterocycles. The fourth-order valence-electron chi connectivity index (χ4n) is 2.34. The van der Waals surface area contributed by atoms with Gasteiger partial charge >= 0.3 is 0 Å². The topological polar surface area (TPSA) is 29.1 Å². The molecule has 3 atom stereocenters. The van der Waals surface area contributed by atoms with Crippen LogP contribution in [0.1, 0.15) is 24.3 Å². The van der Waals surface area contributed by atoms with Crippen molar-refractivity contribution in [3.05, 3.63) is 35.2 Å². The molecule has 0 spiro atoms. The Morgan fingerprint density at radius 2 is 2.22 bits per heavy atom. The first kappa shape index (κ1) is 12.3. The monoisotopic (exact) mass is 279 g/mol. The minimum Gasteiger partial charge on any atom is -0.308 e. The standard InChI is InChI=1S/C14H17NOS2/c1-10-6-7-15-12(9-18(10)16)14-8-11-4-2-3-5-13(11)17-14/h2-5,8,10,12,15H,6-7,9H2,1H3. The van der Waals surface area contributed by atoms with Crippen LogP contribution < -0.4 is 5.32 Å². The zero-order valence-electron chi connectivity index (χ0n) is 10.4. The molecule has 1 aromatic carbocycles. The van der Waals surface area contributed by atoms with Crippen molar-refractivity contribution in [3.63, 3.8) is 0 Å². The predicted molar refractivity (Wildman–Crippen MR) is 79.7 cm³/mol. The Bertz CT molecular complexity index is 545. The molecule has 3 unspecified atom stereocenters. The van der Waals surface area contributed by atoms with Gasteiger partial charge in [-0.15, -0.1) is 11.3 Å². The fraction of sp³-hybridized carbons (Fsp3) is 0.429.